The molecule has 0 saturated heterocycles. The number of rotatable bonds is 8. The molecule has 35 heavy (non-hydrogen) atoms. The first-order valence-corrected chi connectivity index (χ1v) is 14.5. The second-order valence-electron chi connectivity index (χ2n) is 10.2. The molecule has 2 atom stereocenters. The van der Waals surface area contributed by atoms with Crippen molar-refractivity contribution < 1.29 is 18.3 Å². The third-order valence-corrected chi connectivity index (χ3v) is 9.22. The number of hydrogen-bond donors (Lipinski definition) is 1. The number of ether oxygens (including phenoxy) is 1. The first-order valence-electron chi connectivity index (χ1n) is 12.8. The predicted octanol–water partition coefficient (Wildman–Crippen LogP) is 6.37. The summed E-state index contributed by atoms with van der Waals surface area (Å²) in [6.45, 7) is 8.27. The Hall–Kier alpha value is -2.05. The van der Waals surface area contributed by atoms with Gasteiger partial charge in [0, 0.05) is 31.1 Å². The van der Waals surface area contributed by atoms with Gasteiger partial charge in [0.2, 0.25) is 0 Å². The van der Waals surface area contributed by atoms with E-state index in [4.69, 9.17) is 4.74 Å². The first kappa shape index (κ1) is 29.2. The van der Waals surface area contributed by atoms with E-state index < -0.39 is 21.4 Å². The summed E-state index contributed by atoms with van der Waals surface area (Å²) >= 11 is 0. The smallest absolute Gasteiger partial charge is 0.179 e. The highest BCUT2D eigenvalue weighted by molar-refractivity contribution is 7.91. The van der Waals surface area contributed by atoms with Crippen molar-refractivity contribution in [1.82, 2.24) is 0 Å². The standard InChI is InChI=1S/C21H35NO3S.C8H10O/c1-6-8-12-21(13-9-7-2)15-26(24,25)19-11-10-17(22(4)5)14-18(19)16(3)20(21)23;1-7-3-5-8(9-2)6-4-7/h10-11,14,16,20,23H,6-9,12-13,15H2,1-5H3;3-6H,1-2H3. The van der Waals surface area contributed by atoms with Gasteiger partial charge in [0.05, 0.1) is 23.9 Å². The van der Waals surface area contributed by atoms with E-state index in [1.807, 2.05) is 62.3 Å². The molecule has 0 aromatic heterocycles. The lowest BCUT2D eigenvalue weighted by Crippen LogP contribution is -2.42. The molecule has 0 spiro atoms. The Morgan fingerprint density at radius 3 is 2.09 bits per heavy atom. The number of aryl methyl sites for hydroxylation is 1. The van der Waals surface area contributed by atoms with Crippen LogP contribution in [0.15, 0.2) is 47.4 Å². The normalized spacial score (nSPS) is 20.1. The Kier molecular flexibility index (Phi) is 10.6. The van der Waals surface area contributed by atoms with E-state index in [2.05, 4.69) is 20.8 Å². The highest BCUT2D eigenvalue weighted by Gasteiger charge is 2.47. The van der Waals surface area contributed by atoms with Crippen molar-refractivity contribution in [3.63, 3.8) is 0 Å². The van der Waals surface area contributed by atoms with Crippen molar-refractivity contribution in [2.45, 2.75) is 83.1 Å². The quantitative estimate of drug-likeness (QED) is 0.453. The number of sulfone groups is 1. The molecule has 3 rings (SSSR count). The van der Waals surface area contributed by atoms with Gasteiger partial charge >= 0.3 is 0 Å². The fraction of sp³-hybridized carbons (Fsp3) is 0.586. The van der Waals surface area contributed by atoms with E-state index in [9.17, 15) is 13.5 Å². The molecule has 0 radical (unpaired) electrons. The number of aliphatic hydroxyl groups is 1. The molecular formula is C29H45NO4S. The Labute approximate surface area is 213 Å². The number of anilines is 1. The summed E-state index contributed by atoms with van der Waals surface area (Å²) in [5, 5.41) is 11.4. The number of nitrogens with zero attached hydrogens (tertiary/aromatic N) is 1. The van der Waals surface area contributed by atoms with Crippen LogP contribution in [0.5, 0.6) is 5.75 Å². The molecule has 0 amide bonds. The van der Waals surface area contributed by atoms with E-state index in [1.54, 1.807) is 13.2 Å². The SMILES string of the molecule is CCCCC1(CCCC)CS(=O)(=O)c2ccc(N(C)C)cc2C(C)C1O.COc1ccc(C)cc1. The highest BCUT2D eigenvalue weighted by atomic mass is 32.2. The van der Waals surface area contributed by atoms with Crippen LogP contribution in [0.1, 0.15) is 76.3 Å². The van der Waals surface area contributed by atoms with Crippen LogP contribution in [0.2, 0.25) is 0 Å². The average molecular weight is 504 g/mol. The van der Waals surface area contributed by atoms with Crippen LogP contribution in [0.4, 0.5) is 5.69 Å². The third-order valence-electron chi connectivity index (χ3n) is 7.23. The maximum Gasteiger partial charge on any atom is 0.179 e. The van der Waals surface area contributed by atoms with Crippen molar-refractivity contribution in [1.29, 1.82) is 0 Å². The van der Waals surface area contributed by atoms with Gasteiger partial charge in [0.15, 0.2) is 9.84 Å². The number of methoxy groups -OCH3 is 1. The molecule has 0 saturated carbocycles. The molecule has 0 fully saturated rings. The van der Waals surface area contributed by atoms with Gasteiger partial charge in [-0.05, 0) is 55.7 Å². The van der Waals surface area contributed by atoms with Crippen LogP contribution in [0.3, 0.4) is 0 Å². The summed E-state index contributed by atoms with van der Waals surface area (Å²) in [7, 11) is 2.13. The Morgan fingerprint density at radius 2 is 1.60 bits per heavy atom. The monoisotopic (exact) mass is 503 g/mol. The maximum absolute atomic E-state index is 13.3. The number of benzene rings is 2. The van der Waals surface area contributed by atoms with Gasteiger partial charge in [0.1, 0.15) is 5.75 Å². The van der Waals surface area contributed by atoms with Crippen molar-refractivity contribution in [3.8, 4) is 5.75 Å². The van der Waals surface area contributed by atoms with Crippen LogP contribution < -0.4 is 9.64 Å². The van der Waals surface area contributed by atoms with E-state index in [-0.39, 0.29) is 11.7 Å². The summed E-state index contributed by atoms with van der Waals surface area (Å²) in [6, 6.07) is 13.5. The summed E-state index contributed by atoms with van der Waals surface area (Å²) in [4.78, 5) is 2.38. The topological polar surface area (TPSA) is 66.8 Å². The lowest BCUT2D eigenvalue weighted by Gasteiger charge is -2.39. The van der Waals surface area contributed by atoms with E-state index in [0.29, 0.717) is 4.90 Å². The molecule has 196 valence electrons. The molecule has 5 nitrogen and oxygen atoms in total. The van der Waals surface area contributed by atoms with Crippen LogP contribution in [0.25, 0.3) is 0 Å². The van der Waals surface area contributed by atoms with E-state index in [1.165, 1.54) is 5.56 Å². The van der Waals surface area contributed by atoms with E-state index in [0.717, 1.165) is 55.5 Å². The Bertz CT molecular complexity index is 1020. The molecule has 2 aromatic carbocycles. The minimum absolute atomic E-state index is 0.0554. The molecule has 2 unspecified atom stereocenters. The van der Waals surface area contributed by atoms with Gasteiger partial charge in [-0.1, -0.05) is 64.2 Å². The third kappa shape index (κ3) is 7.23. The summed E-state index contributed by atoms with van der Waals surface area (Å²) in [5.74, 6) is 0.774. The van der Waals surface area contributed by atoms with Gasteiger partial charge in [-0.25, -0.2) is 8.42 Å². The van der Waals surface area contributed by atoms with Gasteiger partial charge in [-0.15, -0.1) is 0 Å². The van der Waals surface area contributed by atoms with Crippen molar-refractivity contribution >= 4 is 15.5 Å². The Morgan fingerprint density at radius 1 is 1.03 bits per heavy atom. The zero-order chi connectivity index (χ0) is 26.2. The maximum atomic E-state index is 13.3. The second-order valence-corrected chi connectivity index (χ2v) is 12.2. The van der Waals surface area contributed by atoms with Gasteiger partial charge in [-0.3, -0.25) is 0 Å². The molecule has 2 aromatic rings. The first-order chi connectivity index (χ1) is 16.5. The van der Waals surface area contributed by atoms with Crippen molar-refractivity contribution in [2.75, 3.05) is 31.9 Å². The molecule has 1 N–H and O–H groups in total. The molecule has 6 heteroatoms. The van der Waals surface area contributed by atoms with Crippen LogP contribution >= 0.6 is 0 Å². The minimum atomic E-state index is -3.43. The summed E-state index contributed by atoms with van der Waals surface area (Å²) in [6.07, 6.45) is 4.80. The van der Waals surface area contributed by atoms with Gasteiger partial charge in [0.25, 0.3) is 0 Å². The zero-order valence-electron chi connectivity index (χ0n) is 22.7. The number of unbranched alkanes of at least 4 members (excludes halogenated alkanes) is 2. The molecule has 0 bridgehead atoms. The molecular weight excluding hydrogens is 458 g/mol. The molecule has 1 heterocycles. The van der Waals surface area contributed by atoms with Crippen LogP contribution in [-0.2, 0) is 9.84 Å². The average Bonchev–Trinajstić information content (AvgIpc) is 2.90. The van der Waals surface area contributed by atoms with E-state index >= 15 is 0 Å². The Balaban J connectivity index is 0.000000402. The van der Waals surface area contributed by atoms with Gasteiger partial charge < -0.3 is 14.7 Å². The van der Waals surface area contributed by atoms with Crippen molar-refractivity contribution in [2.24, 2.45) is 5.41 Å². The minimum Gasteiger partial charge on any atom is -0.497 e. The van der Waals surface area contributed by atoms with Gasteiger partial charge in [-0.2, -0.15) is 0 Å². The largest absolute Gasteiger partial charge is 0.497 e. The highest BCUT2D eigenvalue weighted by Crippen LogP contribution is 2.47. The summed E-state index contributed by atoms with van der Waals surface area (Å²) in [5.41, 5.74) is 2.43. The fourth-order valence-electron chi connectivity index (χ4n) is 4.99. The second kappa shape index (κ2) is 12.8. The van der Waals surface area contributed by atoms with Crippen LogP contribution in [0, 0.1) is 12.3 Å². The summed E-state index contributed by atoms with van der Waals surface area (Å²) < 4.78 is 31.5. The molecule has 0 aliphatic carbocycles. The number of hydrogen-bond acceptors (Lipinski definition) is 5. The zero-order valence-corrected chi connectivity index (χ0v) is 23.5. The fourth-order valence-corrected chi connectivity index (χ4v) is 7.24. The number of aliphatic hydroxyl groups excluding tert-OH is 1. The van der Waals surface area contributed by atoms with Crippen molar-refractivity contribution in [3.05, 3.63) is 53.6 Å². The van der Waals surface area contributed by atoms with Crippen LogP contribution in [-0.4, -0.2) is 46.6 Å². The molecule has 1 aliphatic rings. The molecule has 1 aliphatic heterocycles. The predicted molar refractivity (Wildman–Crippen MR) is 146 cm³/mol. The number of fused-ring (bicyclic) bond motifs is 1. The lowest BCUT2D eigenvalue weighted by atomic mass is 9.70. The lowest BCUT2D eigenvalue weighted by molar-refractivity contribution is 0.00802.